The molecule has 1 aromatic carbocycles. The monoisotopic (exact) mass is 441 g/mol. The Kier molecular flexibility index (Phi) is 6.81. The Morgan fingerprint density at radius 1 is 1.06 bits per heavy atom. The van der Waals surface area contributed by atoms with Gasteiger partial charge in [0.2, 0.25) is 17.7 Å². The van der Waals surface area contributed by atoms with Crippen LogP contribution in [0.2, 0.25) is 0 Å². The molecule has 9 heteroatoms. The molecule has 2 saturated heterocycles. The molecule has 2 aliphatic heterocycles. The Morgan fingerprint density at radius 3 is 2.55 bits per heavy atom. The Morgan fingerprint density at radius 2 is 1.84 bits per heavy atom. The fraction of sp³-hybridized carbons (Fsp3) is 0.455. The molecule has 0 unspecified atom stereocenters. The first kappa shape index (κ1) is 21.3. The largest absolute Gasteiger partial charge is 0.368 e. The van der Waals surface area contributed by atoms with Gasteiger partial charge in [-0.3, -0.25) is 19.3 Å². The van der Waals surface area contributed by atoms with Gasteiger partial charge in [0, 0.05) is 63.2 Å². The lowest BCUT2D eigenvalue weighted by atomic mass is 10.2. The van der Waals surface area contributed by atoms with E-state index in [1.54, 1.807) is 4.90 Å². The van der Waals surface area contributed by atoms with Gasteiger partial charge in [-0.25, -0.2) is 4.98 Å². The van der Waals surface area contributed by atoms with E-state index in [2.05, 4.69) is 27.3 Å². The molecule has 0 bridgehead atoms. The number of nitrogens with one attached hydrogen (secondary N) is 1. The minimum Gasteiger partial charge on any atom is -0.368 e. The summed E-state index contributed by atoms with van der Waals surface area (Å²) < 4.78 is 0. The average molecular weight is 442 g/mol. The van der Waals surface area contributed by atoms with Gasteiger partial charge in [0.15, 0.2) is 5.13 Å². The van der Waals surface area contributed by atoms with Crippen molar-refractivity contribution in [3.05, 3.63) is 41.4 Å². The minimum atomic E-state index is -0.161. The molecule has 2 aliphatic rings. The molecule has 2 fully saturated rings. The second-order valence-corrected chi connectivity index (χ2v) is 8.59. The maximum Gasteiger partial charge on any atom is 0.228 e. The van der Waals surface area contributed by atoms with Gasteiger partial charge in [0.05, 0.1) is 12.1 Å². The maximum atomic E-state index is 12.5. The molecule has 8 nitrogen and oxygen atoms in total. The second-order valence-electron chi connectivity index (χ2n) is 7.75. The number of carbonyl (C=O) groups is 3. The molecular formula is C22H27N5O3S. The van der Waals surface area contributed by atoms with E-state index in [4.69, 9.17) is 0 Å². The van der Waals surface area contributed by atoms with Crippen LogP contribution in [0.25, 0.3) is 0 Å². The highest BCUT2D eigenvalue weighted by Crippen LogP contribution is 2.25. The van der Waals surface area contributed by atoms with Gasteiger partial charge in [-0.1, -0.05) is 18.2 Å². The van der Waals surface area contributed by atoms with Gasteiger partial charge in [-0.2, -0.15) is 0 Å². The van der Waals surface area contributed by atoms with Crippen molar-refractivity contribution in [2.24, 2.45) is 0 Å². The number of benzene rings is 1. The summed E-state index contributed by atoms with van der Waals surface area (Å²) in [6, 6.07) is 10.2. The lowest BCUT2D eigenvalue weighted by Gasteiger charge is -2.36. The van der Waals surface area contributed by atoms with E-state index in [1.165, 1.54) is 17.0 Å². The highest BCUT2D eigenvalue weighted by molar-refractivity contribution is 7.14. The number of aromatic nitrogens is 1. The Balaban J connectivity index is 1.16. The number of rotatable bonds is 7. The van der Waals surface area contributed by atoms with Crippen LogP contribution in [0.4, 0.5) is 10.8 Å². The van der Waals surface area contributed by atoms with E-state index < -0.39 is 0 Å². The lowest BCUT2D eigenvalue weighted by molar-refractivity contribution is -0.131. The highest BCUT2D eigenvalue weighted by Gasteiger charge is 2.24. The molecule has 0 aliphatic carbocycles. The zero-order chi connectivity index (χ0) is 21.6. The Labute approximate surface area is 185 Å². The molecule has 3 heterocycles. The maximum absolute atomic E-state index is 12.5. The smallest absolute Gasteiger partial charge is 0.228 e. The fourth-order valence-electron chi connectivity index (χ4n) is 3.90. The summed E-state index contributed by atoms with van der Waals surface area (Å²) in [6.07, 6.45) is 1.86. The van der Waals surface area contributed by atoms with Crippen LogP contribution in [0.1, 0.15) is 25.0 Å². The Hall–Kier alpha value is -2.94. The third-order valence-electron chi connectivity index (χ3n) is 5.60. The quantitative estimate of drug-likeness (QED) is 0.706. The van der Waals surface area contributed by atoms with Crippen molar-refractivity contribution in [2.45, 2.75) is 25.7 Å². The lowest BCUT2D eigenvalue weighted by Crippen LogP contribution is -2.49. The van der Waals surface area contributed by atoms with Crippen molar-refractivity contribution in [3.63, 3.8) is 0 Å². The number of para-hydroxylation sites is 1. The van der Waals surface area contributed by atoms with E-state index >= 15 is 0 Å². The van der Waals surface area contributed by atoms with Crippen LogP contribution in [-0.2, 0) is 20.8 Å². The molecule has 0 saturated carbocycles. The molecule has 4 rings (SSSR count). The van der Waals surface area contributed by atoms with Crippen LogP contribution >= 0.6 is 11.3 Å². The molecule has 3 amide bonds. The van der Waals surface area contributed by atoms with Crippen LogP contribution < -0.4 is 15.1 Å². The van der Waals surface area contributed by atoms with Gasteiger partial charge in [0.1, 0.15) is 0 Å². The second kappa shape index (κ2) is 9.91. The summed E-state index contributed by atoms with van der Waals surface area (Å²) in [5.41, 5.74) is 1.83. The summed E-state index contributed by atoms with van der Waals surface area (Å²) in [5, 5.41) is 5.29. The van der Waals surface area contributed by atoms with Crippen molar-refractivity contribution in [1.29, 1.82) is 0 Å². The first-order valence-electron chi connectivity index (χ1n) is 10.7. The van der Waals surface area contributed by atoms with Gasteiger partial charge in [-0.15, -0.1) is 11.3 Å². The average Bonchev–Trinajstić information content (AvgIpc) is 3.43. The van der Waals surface area contributed by atoms with E-state index in [0.717, 1.165) is 19.5 Å². The number of nitrogens with zero attached hydrogens (tertiary/aromatic N) is 4. The summed E-state index contributed by atoms with van der Waals surface area (Å²) in [5.74, 6) is -0.00346. The summed E-state index contributed by atoms with van der Waals surface area (Å²) in [6.45, 7) is 4.02. The van der Waals surface area contributed by atoms with Crippen molar-refractivity contribution in [1.82, 2.24) is 15.2 Å². The molecule has 1 aromatic heterocycles. The highest BCUT2D eigenvalue weighted by atomic mass is 32.1. The van der Waals surface area contributed by atoms with Crippen molar-refractivity contribution in [3.8, 4) is 0 Å². The summed E-state index contributed by atoms with van der Waals surface area (Å²) in [7, 11) is 0. The molecule has 2 aromatic rings. The summed E-state index contributed by atoms with van der Waals surface area (Å²) in [4.78, 5) is 46.7. The number of hydrogen-bond acceptors (Lipinski definition) is 6. The van der Waals surface area contributed by atoms with Crippen LogP contribution in [0.3, 0.4) is 0 Å². The normalized spacial score (nSPS) is 16.6. The van der Waals surface area contributed by atoms with Crippen LogP contribution in [0.15, 0.2) is 35.7 Å². The van der Waals surface area contributed by atoms with Gasteiger partial charge in [0.25, 0.3) is 0 Å². The van der Waals surface area contributed by atoms with Crippen molar-refractivity contribution >= 4 is 39.9 Å². The van der Waals surface area contributed by atoms with Crippen LogP contribution in [0.5, 0.6) is 0 Å². The molecule has 0 atom stereocenters. The number of amides is 3. The van der Waals surface area contributed by atoms with Crippen LogP contribution in [-0.4, -0.2) is 66.9 Å². The fourth-order valence-corrected chi connectivity index (χ4v) is 4.77. The van der Waals surface area contributed by atoms with Crippen molar-refractivity contribution < 1.29 is 14.4 Å². The number of hydrogen-bond donors (Lipinski definition) is 1. The zero-order valence-corrected chi connectivity index (χ0v) is 18.3. The third kappa shape index (κ3) is 5.41. The first-order chi connectivity index (χ1) is 15.1. The SMILES string of the molecule is O=C(Cc1csc(N2CCCC2=O)n1)NCCC(=O)N1CCN(c2ccccc2)CC1. The molecule has 31 heavy (non-hydrogen) atoms. The van der Waals surface area contributed by atoms with E-state index in [0.29, 0.717) is 49.8 Å². The predicted molar refractivity (Wildman–Crippen MR) is 120 cm³/mol. The van der Waals surface area contributed by atoms with Gasteiger partial charge in [-0.05, 0) is 18.6 Å². The Bertz CT molecular complexity index is 924. The topological polar surface area (TPSA) is 85.8 Å². The molecule has 1 N–H and O–H groups in total. The standard InChI is InChI=1S/C22H27N5O3S/c28-19(15-17-16-31-22(24-17)27-10-4-7-21(27)30)23-9-8-20(29)26-13-11-25(12-14-26)18-5-2-1-3-6-18/h1-3,5-6,16H,4,7-15H2,(H,23,28). The number of piperazine rings is 1. The number of anilines is 2. The van der Waals surface area contributed by atoms with Crippen LogP contribution in [0, 0.1) is 0 Å². The molecule has 0 radical (unpaired) electrons. The summed E-state index contributed by atoms with van der Waals surface area (Å²) >= 11 is 1.39. The minimum absolute atomic E-state index is 0.0662. The molecule has 0 spiro atoms. The number of thiazole rings is 1. The van der Waals surface area contributed by atoms with E-state index in [1.807, 2.05) is 28.5 Å². The van der Waals surface area contributed by atoms with Gasteiger partial charge < -0.3 is 15.1 Å². The molecular weight excluding hydrogens is 414 g/mol. The first-order valence-corrected chi connectivity index (χ1v) is 11.6. The molecule has 164 valence electrons. The van der Waals surface area contributed by atoms with E-state index in [-0.39, 0.29) is 24.1 Å². The van der Waals surface area contributed by atoms with Gasteiger partial charge >= 0.3 is 0 Å². The van der Waals surface area contributed by atoms with Crippen molar-refractivity contribution in [2.75, 3.05) is 49.1 Å². The number of carbonyl (C=O) groups excluding carboxylic acids is 3. The van der Waals surface area contributed by atoms with E-state index in [9.17, 15) is 14.4 Å². The predicted octanol–water partition coefficient (Wildman–Crippen LogP) is 1.67. The zero-order valence-electron chi connectivity index (χ0n) is 17.5. The third-order valence-corrected chi connectivity index (χ3v) is 6.51.